The molecule has 0 aliphatic rings. The highest BCUT2D eigenvalue weighted by atomic mass is 16.6. The van der Waals surface area contributed by atoms with Crippen LogP contribution in [0.2, 0.25) is 0 Å². The summed E-state index contributed by atoms with van der Waals surface area (Å²) < 4.78 is 0. The maximum absolute atomic E-state index is 12.0. The molecule has 2 aromatic rings. The molecule has 0 saturated heterocycles. The number of amides is 4. The van der Waals surface area contributed by atoms with Crippen molar-refractivity contribution in [3.05, 3.63) is 79.9 Å². The number of rotatable bonds is 7. The number of carbonyl (C=O) groups is 4. The zero-order valence-corrected chi connectivity index (χ0v) is 16.2. The predicted octanol–water partition coefficient (Wildman–Crippen LogP) is 0.505. The first kappa shape index (κ1) is 23.4. The Kier molecular flexibility index (Phi) is 7.88. The van der Waals surface area contributed by atoms with E-state index in [9.17, 15) is 39.4 Å². The lowest BCUT2D eigenvalue weighted by atomic mass is 10.2. The Balaban J connectivity index is 1.78. The van der Waals surface area contributed by atoms with Gasteiger partial charge in [0.25, 0.3) is 23.2 Å². The molecule has 2 aromatic carbocycles. The fourth-order valence-corrected chi connectivity index (χ4v) is 2.39. The van der Waals surface area contributed by atoms with Crippen LogP contribution in [0.3, 0.4) is 0 Å². The summed E-state index contributed by atoms with van der Waals surface area (Å²) in [7, 11) is 0. The lowest BCUT2D eigenvalue weighted by Gasteiger charge is -2.09. The fraction of sp³-hybridized carbons (Fsp3) is 0.111. The molecular weight excluding hydrogens is 428 g/mol. The molecule has 4 N–H and O–H groups in total. The van der Waals surface area contributed by atoms with Gasteiger partial charge in [-0.15, -0.1) is 0 Å². The molecule has 0 atom stereocenters. The van der Waals surface area contributed by atoms with Gasteiger partial charge in [-0.25, -0.2) is 0 Å². The van der Waals surface area contributed by atoms with E-state index in [2.05, 4.69) is 0 Å². The Morgan fingerprint density at radius 2 is 0.969 bits per heavy atom. The third-order valence-electron chi connectivity index (χ3n) is 3.90. The van der Waals surface area contributed by atoms with Crippen molar-refractivity contribution in [2.45, 2.75) is 12.8 Å². The number of hydrogen-bond donors (Lipinski definition) is 4. The molecule has 166 valence electrons. The lowest BCUT2D eigenvalue weighted by molar-refractivity contribution is -0.385. The topological polar surface area (TPSA) is 203 Å². The second kappa shape index (κ2) is 10.8. The van der Waals surface area contributed by atoms with Crippen LogP contribution in [0.5, 0.6) is 0 Å². The summed E-state index contributed by atoms with van der Waals surface area (Å²) in [6.07, 6.45) is -0.797. The molecule has 0 radical (unpaired) electrons. The molecule has 0 unspecified atom stereocenters. The molecule has 0 bridgehead atoms. The minimum atomic E-state index is -0.924. The second-order valence-corrected chi connectivity index (χ2v) is 6.05. The van der Waals surface area contributed by atoms with E-state index in [1.807, 2.05) is 21.7 Å². The van der Waals surface area contributed by atoms with Crippen LogP contribution < -0.4 is 21.7 Å². The number of nitro groups is 2. The monoisotopic (exact) mass is 444 g/mol. The Morgan fingerprint density at radius 3 is 1.31 bits per heavy atom. The SMILES string of the molecule is O=C(CCC(=O)NNC(=O)c1ccccc1[N+](=O)[O-])NNC(=O)c1ccccc1[N+](=O)[O-]. The molecule has 2 rings (SSSR count). The zero-order valence-electron chi connectivity index (χ0n) is 16.2. The highest BCUT2D eigenvalue weighted by molar-refractivity contribution is 6.00. The van der Waals surface area contributed by atoms with Gasteiger partial charge in [0.15, 0.2) is 0 Å². The standard InChI is InChI=1S/C18H16N6O8/c25-15(19-21-17(27)11-5-1-3-7-13(11)23(29)30)9-10-16(26)20-22-18(28)12-6-2-4-8-14(12)24(31)32/h1-8H,9-10H2,(H,19,25)(H,20,26)(H,21,27)(H,22,28). The molecule has 14 heteroatoms. The fourth-order valence-electron chi connectivity index (χ4n) is 2.39. The van der Waals surface area contributed by atoms with Crippen molar-refractivity contribution in [2.75, 3.05) is 0 Å². The molecule has 0 aromatic heterocycles. The van der Waals surface area contributed by atoms with Crippen LogP contribution in [0.4, 0.5) is 11.4 Å². The summed E-state index contributed by atoms with van der Waals surface area (Å²) in [5, 5.41) is 21.8. The molecule has 4 amide bonds. The first-order valence-electron chi connectivity index (χ1n) is 8.86. The summed E-state index contributed by atoms with van der Waals surface area (Å²) in [4.78, 5) is 67.9. The lowest BCUT2D eigenvalue weighted by Crippen LogP contribution is -2.44. The van der Waals surface area contributed by atoms with Crippen LogP contribution in [0.1, 0.15) is 33.6 Å². The minimum Gasteiger partial charge on any atom is -0.273 e. The predicted molar refractivity (Wildman–Crippen MR) is 107 cm³/mol. The maximum atomic E-state index is 12.0. The number of benzene rings is 2. The van der Waals surface area contributed by atoms with Crippen molar-refractivity contribution in [1.29, 1.82) is 0 Å². The van der Waals surface area contributed by atoms with Crippen molar-refractivity contribution in [1.82, 2.24) is 21.7 Å². The number of para-hydroxylation sites is 2. The number of nitrogens with zero attached hydrogens (tertiary/aromatic N) is 2. The van der Waals surface area contributed by atoms with E-state index in [4.69, 9.17) is 0 Å². The van der Waals surface area contributed by atoms with Crippen molar-refractivity contribution >= 4 is 35.0 Å². The molecule has 0 spiro atoms. The van der Waals surface area contributed by atoms with Gasteiger partial charge >= 0.3 is 0 Å². The van der Waals surface area contributed by atoms with Gasteiger partial charge in [0.2, 0.25) is 11.8 Å². The average molecular weight is 444 g/mol. The van der Waals surface area contributed by atoms with E-state index < -0.39 is 57.7 Å². The summed E-state index contributed by atoms with van der Waals surface area (Å²) in [6.45, 7) is 0. The first-order chi connectivity index (χ1) is 15.2. The van der Waals surface area contributed by atoms with Gasteiger partial charge in [-0.1, -0.05) is 24.3 Å². The molecule has 0 heterocycles. The molecule has 0 saturated carbocycles. The van der Waals surface area contributed by atoms with E-state index in [1.54, 1.807) is 0 Å². The largest absolute Gasteiger partial charge is 0.282 e. The molecule has 0 fully saturated rings. The van der Waals surface area contributed by atoms with Gasteiger partial charge in [0, 0.05) is 25.0 Å². The van der Waals surface area contributed by atoms with E-state index in [0.717, 1.165) is 12.1 Å². The van der Waals surface area contributed by atoms with Crippen LogP contribution in [0, 0.1) is 20.2 Å². The number of hydrazine groups is 2. The Hall–Kier alpha value is -4.88. The highest BCUT2D eigenvalue weighted by Gasteiger charge is 2.21. The van der Waals surface area contributed by atoms with Crippen molar-refractivity contribution in [3.8, 4) is 0 Å². The Morgan fingerprint density at radius 1 is 0.625 bits per heavy atom. The number of nitrogens with one attached hydrogen (secondary N) is 4. The van der Waals surface area contributed by atoms with Crippen molar-refractivity contribution in [3.63, 3.8) is 0 Å². The molecule has 0 aliphatic heterocycles. The Bertz CT molecular complexity index is 1000. The molecular formula is C18H16N6O8. The van der Waals surface area contributed by atoms with Crippen molar-refractivity contribution < 1.29 is 29.0 Å². The van der Waals surface area contributed by atoms with E-state index in [1.165, 1.54) is 36.4 Å². The van der Waals surface area contributed by atoms with Crippen LogP contribution in [-0.4, -0.2) is 33.5 Å². The molecule has 14 nitrogen and oxygen atoms in total. The van der Waals surface area contributed by atoms with Crippen LogP contribution in [-0.2, 0) is 9.59 Å². The van der Waals surface area contributed by atoms with Gasteiger partial charge in [-0.05, 0) is 12.1 Å². The third-order valence-corrected chi connectivity index (χ3v) is 3.90. The van der Waals surface area contributed by atoms with Crippen molar-refractivity contribution in [2.24, 2.45) is 0 Å². The Labute approximate surface area is 179 Å². The maximum Gasteiger partial charge on any atom is 0.282 e. The van der Waals surface area contributed by atoms with Crippen LogP contribution >= 0.6 is 0 Å². The van der Waals surface area contributed by atoms with E-state index >= 15 is 0 Å². The molecule has 32 heavy (non-hydrogen) atoms. The van der Waals surface area contributed by atoms with Gasteiger partial charge in [-0.3, -0.25) is 61.1 Å². The number of nitro benzene ring substituents is 2. The quantitative estimate of drug-likeness (QED) is 0.349. The third kappa shape index (κ3) is 6.31. The van der Waals surface area contributed by atoms with Crippen LogP contribution in [0.25, 0.3) is 0 Å². The second-order valence-electron chi connectivity index (χ2n) is 6.05. The van der Waals surface area contributed by atoms with Crippen LogP contribution in [0.15, 0.2) is 48.5 Å². The smallest absolute Gasteiger partial charge is 0.273 e. The van der Waals surface area contributed by atoms with E-state index in [-0.39, 0.29) is 11.1 Å². The zero-order chi connectivity index (χ0) is 23.7. The van der Waals surface area contributed by atoms with Gasteiger partial charge in [0.05, 0.1) is 9.85 Å². The highest BCUT2D eigenvalue weighted by Crippen LogP contribution is 2.17. The number of carbonyl (C=O) groups excluding carboxylic acids is 4. The summed E-state index contributed by atoms with van der Waals surface area (Å²) in [5.74, 6) is -3.41. The first-order valence-corrected chi connectivity index (χ1v) is 8.86. The summed E-state index contributed by atoms with van der Waals surface area (Å²) in [5.41, 5.74) is 6.57. The summed E-state index contributed by atoms with van der Waals surface area (Å²) in [6, 6.07) is 10.2. The van der Waals surface area contributed by atoms with Gasteiger partial charge in [0.1, 0.15) is 11.1 Å². The van der Waals surface area contributed by atoms with E-state index in [0.29, 0.717) is 0 Å². The molecule has 0 aliphatic carbocycles. The number of hydrogen-bond acceptors (Lipinski definition) is 8. The normalized spacial score (nSPS) is 9.88. The summed E-state index contributed by atoms with van der Waals surface area (Å²) >= 11 is 0. The average Bonchev–Trinajstić information content (AvgIpc) is 2.79. The minimum absolute atomic E-state index is 0.270. The van der Waals surface area contributed by atoms with Gasteiger partial charge < -0.3 is 0 Å². The van der Waals surface area contributed by atoms with Gasteiger partial charge in [-0.2, -0.15) is 0 Å².